The minimum absolute atomic E-state index is 0.195. The van der Waals surface area contributed by atoms with Crippen molar-refractivity contribution in [2.75, 3.05) is 13.6 Å². The zero-order valence-electron chi connectivity index (χ0n) is 9.69. The monoisotopic (exact) mass is 241 g/mol. The molecule has 0 aliphatic heterocycles. The van der Waals surface area contributed by atoms with Crippen LogP contribution in [0.1, 0.15) is 18.9 Å². The first-order valence-electron chi connectivity index (χ1n) is 5.37. The Morgan fingerprint density at radius 2 is 2.25 bits per heavy atom. The molecular weight excluding hydrogens is 225 g/mol. The van der Waals surface area contributed by atoms with Gasteiger partial charge in [0.2, 0.25) is 0 Å². The van der Waals surface area contributed by atoms with E-state index in [9.17, 15) is 4.39 Å². The molecule has 0 saturated carbocycles. The Morgan fingerprint density at radius 1 is 1.50 bits per heavy atom. The molecule has 16 heavy (non-hydrogen) atoms. The topological polar surface area (TPSA) is 12.0 Å². The maximum absolute atomic E-state index is 12.9. The van der Waals surface area contributed by atoms with Crippen LogP contribution in [0, 0.1) is 5.82 Å². The smallest absolute Gasteiger partial charge is 0.141 e. The molecule has 1 rings (SSSR count). The molecule has 0 radical (unpaired) electrons. The Hall–Kier alpha value is -0.860. The molecule has 1 aromatic rings. The van der Waals surface area contributed by atoms with Crippen LogP contribution < -0.4 is 5.32 Å². The number of hydrogen-bond acceptors (Lipinski definition) is 1. The third kappa shape index (κ3) is 4.33. The maximum Gasteiger partial charge on any atom is 0.141 e. The van der Waals surface area contributed by atoms with Crippen LogP contribution >= 0.6 is 11.6 Å². The fourth-order valence-corrected chi connectivity index (χ4v) is 1.71. The van der Waals surface area contributed by atoms with Gasteiger partial charge in [-0.25, -0.2) is 4.39 Å². The van der Waals surface area contributed by atoms with Gasteiger partial charge in [0.05, 0.1) is 5.02 Å². The lowest BCUT2D eigenvalue weighted by Gasteiger charge is -2.03. The van der Waals surface area contributed by atoms with Crippen LogP contribution in [0.5, 0.6) is 0 Å². The van der Waals surface area contributed by atoms with Crippen LogP contribution in [-0.2, 0) is 6.42 Å². The highest BCUT2D eigenvalue weighted by molar-refractivity contribution is 6.30. The maximum atomic E-state index is 12.9. The first kappa shape index (κ1) is 13.2. The largest absolute Gasteiger partial charge is 0.319 e. The molecule has 0 heterocycles. The second kappa shape index (κ2) is 6.66. The molecular formula is C13H17ClFN. The summed E-state index contributed by atoms with van der Waals surface area (Å²) in [4.78, 5) is 0. The van der Waals surface area contributed by atoms with Crippen molar-refractivity contribution in [3.05, 3.63) is 46.3 Å². The molecule has 1 nitrogen and oxygen atoms in total. The van der Waals surface area contributed by atoms with Crippen molar-refractivity contribution < 1.29 is 4.39 Å². The Bertz CT molecular complexity index is 374. The lowest BCUT2D eigenvalue weighted by molar-refractivity contribution is 0.627. The standard InChI is InChI=1S/C13H17ClFN/c1-10(4-3-7-16-2)8-11-5-6-13(15)12(14)9-11/h4-6,9,16H,3,7-8H2,1-2H3/b10-4-. The molecule has 0 fully saturated rings. The third-order valence-corrected chi connectivity index (χ3v) is 2.64. The zero-order valence-corrected chi connectivity index (χ0v) is 10.4. The first-order chi connectivity index (χ1) is 7.63. The molecule has 0 spiro atoms. The molecule has 0 saturated heterocycles. The van der Waals surface area contributed by atoms with Gasteiger partial charge < -0.3 is 5.32 Å². The number of halogens is 2. The Labute approximate surface area is 101 Å². The summed E-state index contributed by atoms with van der Waals surface area (Å²) < 4.78 is 12.9. The number of hydrogen-bond donors (Lipinski definition) is 1. The summed E-state index contributed by atoms with van der Waals surface area (Å²) in [6, 6.07) is 4.88. The van der Waals surface area contributed by atoms with Gasteiger partial charge in [-0.3, -0.25) is 0 Å². The van der Waals surface area contributed by atoms with Crippen molar-refractivity contribution in [2.24, 2.45) is 0 Å². The second-order valence-corrected chi connectivity index (χ2v) is 4.28. The summed E-state index contributed by atoms with van der Waals surface area (Å²) in [5.74, 6) is -0.359. The van der Waals surface area contributed by atoms with Crippen molar-refractivity contribution in [1.82, 2.24) is 5.32 Å². The minimum atomic E-state index is -0.359. The Kier molecular flexibility index (Phi) is 5.50. The van der Waals surface area contributed by atoms with Crippen molar-refractivity contribution in [3.8, 4) is 0 Å². The van der Waals surface area contributed by atoms with Crippen LogP contribution in [0.15, 0.2) is 29.8 Å². The van der Waals surface area contributed by atoms with E-state index in [1.165, 1.54) is 11.6 Å². The van der Waals surface area contributed by atoms with E-state index < -0.39 is 0 Å². The highest BCUT2D eigenvalue weighted by Crippen LogP contribution is 2.18. The molecule has 88 valence electrons. The molecule has 0 aliphatic carbocycles. The lowest BCUT2D eigenvalue weighted by Crippen LogP contribution is -2.06. The predicted octanol–water partition coefficient (Wildman–Crippen LogP) is 3.58. The fourth-order valence-electron chi connectivity index (χ4n) is 1.51. The summed E-state index contributed by atoms with van der Waals surface area (Å²) in [6.45, 7) is 3.05. The van der Waals surface area contributed by atoms with Crippen LogP contribution in [0.2, 0.25) is 5.02 Å². The van der Waals surface area contributed by atoms with Crippen molar-refractivity contribution in [2.45, 2.75) is 19.8 Å². The molecule has 0 aromatic heterocycles. The summed E-state index contributed by atoms with van der Waals surface area (Å²) >= 11 is 5.72. The van der Waals surface area contributed by atoms with E-state index in [1.54, 1.807) is 12.1 Å². The van der Waals surface area contributed by atoms with E-state index in [-0.39, 0.29) is 10.8 Å². The van der Waals surface area contributed by atoms with Gasteiger partial charge in [-0.15, -0.1) is 0 Å². The third-order valence-electron chi connectivity index (χ3n) is 2.35. The second-order valence-electron chi connectivity index (χ2n) is 3.87. The van der Waals surface area contributed by atoms with Crippen LogP contribution in [0.25, 0.3) is 0 Å². The number of benzene rings is 1. The zero-order chi connectivity index (χ0) is 12.0. The molecule has 1 aromatic carbocycles. The van der Waals surface area contributed by atoms with Crippen molar-refractivity contribution in [1.29, 1.82) is 0 Å². The predicted molar refractivity (Wildman–Crippen MR) is 67.4 cm³/mol. The number of nitrogens with one attached hydrogen (secondary N) is 1. The molecule has 0 atom stereocenters. The summed E-state index contributed by atoms with van der Waals surface area (Å²) in [5.41, 5.74) is 2.32. The van der Waals surface area contributed by atoms with E-state index in [2.05, 4.69) is 18.3 Å². The van der Waals surface area contributed by atoms with Gasteiger partial charge in [0.15, 0.2) is 0 Å². The van der Waals surface area contributed by atoms with Crippen molar-refractivity contribution >= 4 is 11.6 Å². The van der Waals surface area contributed by atoms with E-state index in [4.69, 9.17) is 11.6 Å². The van der Waals surface area contributed by atoms with Crippen LogP contribution in [0.4, 0.5) is 4.39 Å². The van der Waals surface area contributed by atoms with Gasteiger partial charge in [0.25, 0.3) is 0 Å². The molecule has 0 bridgehead atoms. The molecule has 1 N–H and O–H groups in total. The highest BCUT2D eigenvalue weighted by atomic mass is 35.5. The van der Waals surface area contributed by atoms with Crippen LogP contribution in [-0.4, -0.2) is 13.6 Å². The van der Waals surface area contributed by atoms with E-state index in [0.29, 0.717) is 0 Å². The minimum Gasteiger partial charge on any atom is -0.319 e. The van der Waals surface area contributed by atoms with Gasteiger partial charge in [0.1, 0.15) is 5.82 Å². The average Bonchev–Trinajstić information content (AvgIpc) is 2.24. The summed E-state index contributed by atoms with van der Waals surface area (Å²) in [5, 5.41) is 3.28. The van der Waals surface area contributed by atoms with E-state index in [1.807, 2.05) is 7.05 Å². The highest BCUT2D eigenvalue weighted by Gasteiger charge is 2.01. The number of allylic oxidation sites excluding steroid dienone is 1. The normalized spacial score (nSPS) is 11.9. The van der Waals surface area contributed by atoms with Gasteiger partial charge in [-0.2, -0.15) is 0 Å². The first-order valence-corrected chi connectivity index (χ1v) is 5.75. The van der Waals surface area contributed by atoms with Crippen LogP contribution in [0.3, 0.4) is 0 Å². The quantitative estimate of drug-likeness (QED) is 0.614. The molecule has 0 aliphatic rings. The fraction of sp³-hybridized carbons (Fsp3) is 0.385. The van der Waals surface area contributed by atoms with Gasteiger partial charge >= 0.3 is 0 Å². The average molecular weight is 242 g/mol. The molecule has 0 unspecified atom stereocenters. The summed E-state index contributed by atoms with van der Waals surface area (Å²) in [6.07, 6.45) is 4.02. The molecule has 0 amide bonds. The van der Waals surface area contributed by atoms with E-state index >= 15 is 0 Å². The number of rotatable bonds is 5. The van der Waals surface area contributed by atoms with Crippen molar-refractivity contribution in [3.63, 3.8) is 0 Å². The van der Waals surface area contributed by atoms with Gasteiger partial charge in [-0.05, 0) is 51.1 Å². The van der Waals surface area contributed by atoms with E-state index in [0.717, 1.165) is 24.9 Å². The Balaban J connectivity index is 2.59. The summed E-state index contributed by atoms with van der Waals surface area (Å²) in [7, 11) is 1.93. The Morgan fingerprint density at radius 3 is 2.88 bits per heavy atom. The van der Waals surface area contributed by atoms with Gasteiger partial charge in [0, 0.05) is 0 Å². The molecule has 3 heteroatoms. The lowest BCUT2D eigenvalue weighted by atomic mass is 10.1. The SMILES string of the molecule is CNCC/C=C(/C)Cc1ccc(F)c(Cl)c1. The van der Waals surface area contributed by atoms with Gasteiger partial charge in [-0.1, -0.05) is 29.3 Å².